The highest BCUT2D eigenvalue weighted by molar-refractivity contribution is 9.10. The van der Waals surface area contributed by atoms with E-state index in [4.69, 9.17) is 4.74 Å². The Hall–Kier alpha value is -0.970. The number of hydrogen-bond donors (Lipinski definition) is 0. The van der Waals surface area contributed by atoms with Crippen molar-refractivity contribution in [3.63, 3.8) is 0 Å². The molecule has 0 saturated heterocycles. The Balaban J connectivity index is 2.42. The maximum absolute atomic E-state index is 13.2. The second kappa shape index (κ2) is 4.72. The van der Waals surface area contributed by atoms with E-state index in [1.54, 1.807) is 0 Å². The molecule has 1 aromatic carbocycles. The van der Waals surface area contributed by atoms with Gasteiger partial charge in [0.25, 0.3) is 0 Å². The summed E-state index contributed by atoms with van der Waals surface area (Å²) in [5, 5.41) is 0. The molecule has 0 aliphatic heterocycles. The first-order valence-electron chi connectivity index (χ1n) is 5.27. The standard InChI is InChI=1S/C12H11BrF2O2/c1-17-12(16)11(6-2-3-6)7-4-9(14)10(15)5-8(7)13/h4-6,11H,2-3H2,1H3. The molecule has 1 aromatic rings. The monoisotopic (exact) mass is 304 g/mol. The number of rotatable bonds is 3. The van der Waals surface area contributed by atoms with Gasteiger partial charge in [0, 0.05) is 4.47 Å². The van der Waals surface area contributed by atoms with Gasteiger partial charge in [0.2, 0.25) is 0 Å². The Kier molecular flexibility index (Phi) is 3.47. The molecule has 1 saturated carbocycles. The van der Waals surface area contributed by atoms with Gasteiger partial charge in [-0.05, 0) is 36.5 Å². The van der Waals surface area contributed by atoms with E-state index in [0.29, 0.717) is 10.0 Å². The Labute approximate surface area is 106 Å². The predicted octanol–water partition coefficient (Wildman–Crippen LogP) is 3.39. The third-order valence-electron chi connectivity index (χ3n) is 2.92. The summed E-state index contributed by atoms with van der Waals surface area (Å²) in [6.07, 6.45) is 1.82. The molecule has 92 valence electrons. The number of carbonyl (C=O) groups excluding carboxylic acids is 1. The smallest absolute Gasteiger partial charge is 0.313 e. The van der Waals surface area contributed by atoms with Gasteiger partial charge in [-0.2, -0.15) is 0 Å². The second-order valence-electron chi connectivity index (χ2n) is 4.13. The van der Waals surface area contributed by atoms with Crippen LogP contribution in [0.15, 0.2) is 16.6 Å². The quantitative estimate of drug-likeness (QED) is 0.632. The average molecular weight is 305 g/mol. The van der Waals surface area contributed by atoms with E-state index in [1.807, 2.05) is 0 Å². The summed E-state index contributed by atoms with van der Waals surface area (Å²) in [6, 6.07) is 2.11. The molecule has 1 aliphatic rings. The third-order valence-corrected chi connectivity index (χ3v) is 3.61. The van der Waals surface area contributed by atoms with Crippen molar-refractivity contribution in [2.45, 2.75) is 18.8 Å². The van der Waals surface area contributed by atoms with Crippen molar-refractivity contribution in [3.05, 3.63) is 33.8 Å². The normalized spacial score (nSPS) is 16.7. The summed E-state index contributed by atoms with van der Waals surface area (Å²) < 4.78 is 31.3. The number of methoxy groups -OCH3 is 1. The highest BCUT2D eigenvalue weighted by Crippen LogP contribution is 2.45. The first-order valence-corrected chi connectivity index (χ1v) is 6.06. The van der Waals surface area contributed by atoms with Crippen molar-refractivity contribution in [1.82, 2.24) is 0 Å². The minimum absolute atomic E-state index is 0.170. The third kappa shape index (κ3) is 2.49. The fraction of sp³-hybridized carbons (Fsp3) is 0.417. The van der Waals surface area contributed by atoms with E-state index >= 15 is 0 Å². The highest BCUT2D eigenvalue weighted by atomic mass is 79.9. The van der Waals surface area contributed by atoms with Crippen LogP contribution in [0, 0.1) is 17.6 Å². The zero-order valence-corrected chi connectivity index (χ0v) is 10.8. The van der Waals surface area contributed by atoms with Crippen LogP contribution >= 0.6 is 15.9 Å². The topological polar surface area (TPSA) is 26.3 Å². The van der Waals surface area contributed by atoms with E-state index in [0.717, 1.165) is 25.0 Å². The van der Waals surface area contributed by atoms with Crippen LogP contribution in [0.5, 0.6) is 0 Å². The zero-order valence-electron chi connectivity index (χ0n) is 9.17. The molecule has 1 atom stereocenters. The van der Waals surface area contributed by atoms with Crippen LogP contribution < -0.4 is 0 Å². The predicted molar refractivity (Wildman–Crippen MR) is 61.5 cm³/mol. The van der Waals surface area contributed by atoms with Crippen molar-refractivity contribution in [1.29, 1.82) is 0 Å². The van der Waals surface area contributed by atoms with E-state index in [9.17, 15) is 13.6 Å². The highest BCUT2D eigenvalue weighted by Gasteiger charge is 2.39. The molecule has 0 N–H and O–H groups in total. The number of esters is 1. The van der Waals surface area contributed by atoms with Crippen LogP contribution in [0.1, 0.15) is 24.3 Å². The summed E-state index contributed by atoms with van der Waals surface area (Å²) in [5.74, 6) is -2.62. The van der Waals surface area contributed by atoms with Gasteiger partial charge in [-0.3, -0.25) is 4.79 Å². The molecule has 0 amide bonds. The Morgan fingerprint density at radius 3 is 2.53 bits per heavy atom. The molecule has 1 unspecified atom stereocenters. The zero-order chi connectivity index (χ0) is 12.6. The first-order chi connectivity index (χ1) is 8.04. The van der Waals surface area contributed by atoms with Crippen molar-refractivity contribution < 1.29 is 18.3 Å². The summed E-state index contributed by atoms with van der Waals surface area (Å²) in [5.41, 5.74) is 0.457. The van der Waals surface area contributed by atoms with Crippen LogP contribution in [-0.4, -0.2) is 13.1 Å². The SMILES string of the molecule is COC(=O)C(c1cc(F)c(F)cc1Br)C1CC1. The van der Waals surface area contributed by atoms with Gasteiger partial charge in [0.05, 0.1) is 13.0 Å². The Bertz CT molecular complexity index is 458. The lowest BCUT2D eigenvalue weighted by Gasteiger charge is -2.16. The lowest BCUT2D eigenvalue weighted by molar-refractivity contribution is -0.143. The van der Waals surface area contributed by atoms with E-state index in [2.05, 4.69) is 15.9 Å². The van der Waals surface area contributed by atoms with E-state index in [1.165, 1.54) is 7.11 Å². The molecule has 0 aromatic heterocycles. The molecule has 0 radical (unpaired) electrons. The molecule has 0 spiro atoms. The maximum Gasteiger partial charge on any atom is 0.313 e. The summed E-state index contributed by atoms with van der Waals surface area (Å²) in [6.45, 7) is 0. The molecule has 2 nitrogen and oxygen atoms in total. The van der Waals surface area contributed by atoms with Gasteiger partial charge < -0.3 is 4.74 Å². The molecular weight excluding hydrogens is 294 g/mol. The van der Waals surface area contributed by atoms with Crippen molar-refractivity contribution in [2.24, 2.45) is 5.92 Å². The summed E-state index contributed by atoms with van der Waals surface area (Å²) >= 11 is 3.16. The fourth-order valence-corrected chi connectivity index (χ4v) is 2.47. The number of halogens is 3. The summed E-state index contributed by atoms with van der Waals surface area (Å²) in [7, 11) is 1.30. The molecule has 17 heavy (non-hydrogen) atoms. The minimum atomic E-state index is -0.947. The van der Waals surface area contributed by atoms with Crippen molar-refractivity contribution in [2.75, 3.05) is 7.11 Å². The molecule has 5 heteroatoms. The largest absolute Gasteiger partial charge is 0.469 e. The van der Waals surface area contributed by atoms with Gasteiger partial charge in [-0.25, -0.2) is 8.78 Å². The molecule has 1 aliphatic carbocycles. The van der Waals surface area contributed by atoms with Crippen LogP contribution in [0.3, 0.4) is 0 Å². The first kappa shape index (κ1) is 12.5. The van der Waals surface area contributed by atoms with Gasteiger partial charge in [0.1, 0.15) is 0 Å². The number of ether oxygens (including phenoxy) is 1. The van der Waals surface area contributed by atoms with Crippen LogP contribution in [0.2, 0.25) is 0 Å². The molecule has 1 fully saturated rings. The lowest BCUT2D eigenvalue weighted by Crippen LogP contribution is -2.17. The van der Waals surface area contributed by atoms with Crippen LogP contribution in [0.4, 0.5) is 8.78 Å². The van der Waals surface area contributed by atoms with Gasteiger partial charge >= 0.3 is 5.97 Å². The van der Waals surface area contributed by atoms with Gasteiger partial charge in [0.15, 0.2) is 11.6 Å². The van der Waals surface area contributed by atoms with E-state index < -0.39 is 23.5 Å². The summed E-state index contributed by atoms with van der Waals surface area (Å²) in [4.78, 5) is 11.7. The van der Waals surface area contributed by atoms with Gasteiger partial charge in [-0.15, -0.1) is 0 Å². The van der Waals surface area contributed by atoms with Gasteiger partial charge in [-0.1, -0.05) is 15.9 Å². The lowest BCUT2D eigenvalue weighted by atomic mass is 9.94. The Morgan fingerprint density at radius 1 is 1.41 bits per heavy atom. The fourth-order valence-electron chi connectivity index (χ4n) is 1.91. The van der Waals surface area contributed by atoms with Crippen LogP contribution in [-0.2, 0) is 9.53 Å². The molecule has 0 bridgehead atoms. The Morgan fingerprint density at radius 2 is 2.00 bits per heavy atom. The molecular formula is C12H11BrF2O2. The second-order valence-corrected chi connectivity index (χ2v) is 4.98. The van der Waals surface area contributed by atoms with Crippen LogP contribution in [0.25, 0.3) is 0 Å². The molecule has 2 rings (SSSR count). The number of carbonyl (C=O) groups is 1. The minimum Gasteiger partial charge on any atom is -0.469 e. The maximum atomic E-state index is 13.2. The number of benzene rings is 1. The molecule has 0 heterocycles. The average Bonchev–Trinajstić information content (AvgIpc) is 3.09. The van der Waals surface area contributed by atoms with Crippen molar-refractivity contribution >= 4 is 21.9 Å². The van der Waals surface area contributed by atoms with Crippen molar-refractivity contribution in [3.8, 4) is 0 Å². The van der Waals surface area contributed by atoms with E-state index in [-0.39, 0.29) is 5.92 Å². The number of hydrogen-bond acceptors (Lipinski definition) is 2.